The van der Waals surface area contributed by atoms with E-state index in [1.165, 1.54) is 11.6 Å². The Kier molecular flexibility index (Phi) is 8.89. The van der Waals surface area contributed by atoms with Crippen LogP contribution < -0.4 is 5.32 Å². The van der Waals surface area contributed by atoms with E-state index < -0.39 is 5.91 Å². The van der Waals surface area contributed by atoms with Crippen LogP contribution in [-0.4, -0.2) is 55.1 Å². The lowest BCUT2D eigenvalue weighted by molar-refractivity contribution is -0.138. The van der Waals surface area contributed by atoms with Crippen molar-refractivity contribution < 1.29 is 14.4 Å². The molecule has 7 nitrogen and oxygen atoms in total. The minimum atomic E-state index is -0.515. The molecule has 3 rings (SSSR count). The van der Waals surface area contributed by atoms with Gasteiger partial charge in [0.05, 0.1) is 0 Å². The summed E-state index contributed by atoms with van der Waals surface area (Å²) in [6, 6.07) is 5.52. The first kappa shape index (κ1) is 26.2. The molecule has 1 saturated heterocycles. The number of nitriles is 1. The van der Waals surface area contributed by atoms with E-state index in [2.05, 4.69) is 11.4 Å². The molecule has 2 fully saturated rings. The number of likely N-dealkylation sites (tertiary alicyclic amines) is 1. The van der Waals surface area contributed by atoms with Crippen LogP contribution in [0.2, 0.25) is 5.02 Å². The van der Waals surface area contributed by atoms with Crippen molar-refractivity contribution in [1.29, 1.82) is 5.26 Å². The first-order valence-electron chi connectivity index (χ1n) is 11.8. The standard InChI is InChI=1S/C27H31ClN4O3/c1-18-22(13-19-7-10-32(11-8-19)27(35)20-5-4-6-20)14-23(28)16-25(18)30-26(34)21(9-12-33)15-24(17-29)31(2)3/h9,12-16,20H,4-8,10-11H2,1-3H3,(H,30,34)/b21-9+,24-15-. The predicted molar refractivity (Wildman–Crippen MR) is 137 cm³/mol. The molecule has 1 aliphatic carbocycles. The number of aldehydes is 1. The summed E-state index contributed by atoms with van der Waals surface area (Å²) in [5.41, 5.74) is 3.80. The summed E-state index contributed by atoms with van der Waals surface area (Å²) in [4.78, 5) is 40.1. The maximum absolute atomic E-state index is 12.9. The van der Waals surface area contributed by atoms with E-state index in [4.69, 9.17) is 11.6 Å². The third-order valence-electron chi connectivity index (χ3n) is 6.59. The zero-order valence-corrected chi connectivity index (χ0v) is 21.2. The van der Waals surface area contributed by atoms with Gasteiger partial charge in [0.25, 0.3) is 5.91 Å². The quantitative estimate of drug-likeness (QED) is 0.261. The van der Waals surface area contributed by atoms with Gasteiger partial charge in [0.15, 0.2) is 0 Å². The van der Waals surface area contributed by atoms with Crippen molar-refractivity contribution in [2.45, 2.75) is 39.0 Å². The highest BCUT2D eigenvalue weighted by Crippen LogP contribution is 2.32. The largest absolute Gasteiger partial charge is 0.369 e. The van der Waals surface area contributed by atoms with Crippen molar-refractivity contribution >= 4 is 41.5 Å². The first-order valence-corrected chi connectivity index (χ1v) is 12.2. The van der Waals surface area contributed by atoms with Crippen molar-refractivity contribution in [2.24, 2.45) is 5.92 Å². The van der Waals surface area contributed by atoms with Crippen LogP contribution in [0.15, 0.2) is 41.1 Å². The van der Waals surface area contributed by atoms with Crippen molar-refractivity contribution in [3.63, 3.8) is 0 Å². The summed E-state index contributed by atoms with van der Waals surface area (Å²) in [5.74, 6) is -0.00314. The van der Waals surface area contributed by atoms with E-state index in [0.717, 1.165) is 62.4 Å². The molecule has 1 saturated carbocycles. The Morgan fingerprint density at radius 3 is 2.46 bits per heavy atom. The number of piperidine rings is 1. The number of carbonyl (C=O) groups excluding carboxylic acids is 3. The van der Waals surface area contributed by atoms with Crippen molar-refractivity contribution in [2.75, 3.05) is 32.5 Å². The highest BCUT2D eigenvalue weighted by Gasteiger charge is 2.30. The number of nitrogens with one attached hydrogen (secondary N) is 1. The van der Waals surface area contributed by atoms with E-state index in [-0.39, 0.29) is 17.2 Å². The van der Waals surface area contributed by atoms with E-state index in [1.54, 1.807) is 25.1 Å². The molecule has 8 heteroatoms. The Morgan fingerprint density at radius 1 is 1.23 bits per heavy atom. The fourth-order valence-corrected chi connectivity index (χ4v) is 4.36. The lowest BCUT2D eigenvalue weighted by atomic mass is 9.84. The van der Waals surface area contributed by atoms with Gasteiger partial charge in [-0.3, -0.25) is 14.4 Å². The van der Waals surface area contributed by atoms with Gasteiger partial charge in [-0.25, -0.2) is 0 Å². The maximum atomic E-state index is 12.9. The molecule has 1 heterocycles. The van der Waals surface area contributed by atoms with Crippen LogP contribution in [0.3, 0.4) is 0 Å². The molecular formula is C27H31ClN4O3. The fraction of sp³-hybridized carbons (Fsp3) is 0.407. The molecule has 2 aliphatic rings. The number of anilines is 1. The Hall–Kier alpha value is -3.37. The van der Waals surface area contributed by atoms with Crippen LogP contribution in [0.5, 0.6) is 0 Å². The lowest BCUT2D eigenvalue weighted by Gasteiger charge is -2.34. The summed E-state index contributed by atoms with van der Waals surface area (Å²) in [6.45, 7) is 3.35. The van der Waals surface area contributed by atoms with E-state index in [1.807, 2.05) is 24.0 Å². The molecule has 1 N–H and O–H groups in total. The number of allylic oxidation sites excluding steroid dienone is 2. The summed E-state index contributed by atoms with van der Waals surface area (Å²) < 4.78 is 0. The van der Waals surface area contributed by atoms with Gasteiger partial charge in [0.1, 0.15) is 18.1 Å². The van der Waals surface area contributed by atoms with Gasteiger partial charge in [-0.05, 0) is 68.0 Å². The number of hydrogen-bond donors (Lipinski definition) is 1. The molecule has 35 heavy (non-hydrogen) atoms. The zero-order valence-electron chi connectivity index (χ0n) is 20.4. The summed E-state index contributed by atoms with van der Waals surface area (Å²) in [5, 5.41) is 12.6. The normalized spacial score (nSPS) is 16.8. The average Bonchev–Trinajstić information content (AvgIpc) is 2.78. The molecule has 1 aromatic rings. The molecule has 0 bridgehead atoms. The van der Waals surface area contributed by atoms with Gasteiger partial charge in [0, 0.05) is 49.4 Å². The second-order valence-corrected chi connectivity index (χ2v) is 9.61. The first-order chi connectivity index (χ1) is 16.7. The minimum Gasteiger partial charge on any atom is -0.369 e. The number of amides is 2. The van der Waals surface area contributed by atoms with Crippen LogP contribution >= 0.6 is 11.6 Å². The molecule has 0 atom stereocenters. The third-order valence-corrected chi connectivity index (χ3v) is 6.81. The number of nitrogens with zero attached hydrogens (tertiary/aromatic N) is 3. The minimum absolute atomic E-state index is 0.0630. The Labute approximate surface area is 211 Å². The smallest absolute Gasteiger partial charge is 0.255 e. The van der Waals surface area contributed by atoms with Crippen LogP contribution in [0, 0.1) is 24.2 Å². The topological polar surface area (TPSA) is 93.5 Å². The number of carbonyl (C=O) groups is 3. The monoisotopic (exact) mass is 494 g/mol. The van der Waals surface area contributed by atoms with Crippen LogP contribution in [0.4, 0.5) is 5.69 Å². The molecule has 184 valence electrons. The second kappa shape index (κ2) is 11.9. The Balaban J connectivity index is 1.77. The van der Waals surface area contributed by atoms with Crippen molar-refractivity contribution in [3.05, 3.63) is 57.3 Å². The molecule has 0 aromatic heterocycles. The predicted octanol–water partition coefficient (Wildman–Crippen LogP) is 4.49. The summed E-state index contributed by atoms with van der Waals surface area (Å²) in [7, 11) is 3.36. The van der Waals surface area contributed by atoms with Crippen LogP contribution in [-0.2, 0) is 14.4 Å². The second-order valence-electron chi connectivity index (χ2n) is 9.17. The average molecular weight is 495 g/mol. The SMILES string of the molecule is Cc1c(C=C2CCN(C(=O)C3CCC3)CC2)cc(Cl)cc1NC(=O)C(/C=C(/C#N)N(C)C)=C/C=O. The highest BCUT2D eigenvalue weighted by molar-refractivity contribution is 6.31. The molecule has 0 unspecified atom stereocenters. The van der Waals surface area contributed by atoms with Gasteiger partial charge >= 0.3 is 0 Å². The summed E-state index contributed by atoms with van der Waals surface area (Å²) in [6.07, 6.45) is 9.89. The summed E-state index contributed by atoms with van der Waals surface area (Å²) >= 11 is 6.37. The van der Waals surface area contributed by atoms with Gasteiger partial charge in [-0.15, -0.1) is 0 Å². The lowest BCUT2D eigenvalue weighted by Crippen LogP contribution is -2.42. The fourth-order valence-electron chi connectivity index (χ4n) is 4.14. The molecule has 1 aliphatic heterocycles. The third kappa shape index (κ3) is 6.61. The molecule has 0 radical (unpaired) electrons. The molecule has 0 spiro atoms. The van der Waals surface area contributed by atoms with Gasteiger partial charge < -0.3 is 15.1 Å². The number of halogens is 1. The van der Waals surface area contributed by atoms with E-state index in [0.29, 0.717) is 22.9 Å². The Morgan fingerprint density at radius 2 is 1.91 bits per heavy atom. The molecule has 1 aromatic carbocycles. The van der Waals surface area contributed by atoms with E-state index >= 15 is 0 Å². The van der Waals surface area contributed by atoms with Gasteiger partial charge in [-0.2, -0.15) is 5.26 Å². The van der Waals surface area contributed by atoms with Crippen molar-refractivity contribution in [1.82, 2.24) is 9.80 Å². The number of rotatable bonds is 7. The molecule has 2 amide bonds. The number of hydrogen-bond acceptors (Lipinski definition) is 5. The zero-order chi connectivity index (χ0) is 25.5. The van der Waals surface area contributed by atoms with Gasteiger partial charge in [-0.1, -0.05) is 29.7 Å². The highest BCUT2D eigenvalue weighted by atomic mass is 35.5. The molecular weight excluding hydrogens is 464 g/mol. The maximum Gasteiger partial charge on any atom is 0.255 e. The van der Waals surface area contributed by atoms with Crippen molar-refractivity contribution in [3.8, 4) is 6.07 Å². The number of benzene rings is 1. The van der Waals surface area contributed by atoms with Gasteiger partial charge in [0.2, 0.25) is 5.91 Å². The van der Waals surface area contributed by atoms with Crippen LogP contribution in [0.1, 0.15) is 43.2 Å². The van der Waals surface area contributed by atoms with E-state index in [9.17, 15) is 19.6 Å². The Bertz CT molecular complexity index is 1130. The van der Waals surface area contributed by atoms with Crippen LogP contribution in [0.25, 0.3) is 6.08 Å².